The third-order valence-corrected chi connectivity index (χ3v) is 4.31. The number of allylic oxidation sites excluding steroid dienone is 1. The molecule has 0 N–H and O–H groups in total. The second-order valence-electron chi connectivity index (χ2n) is 6.27. The van der Waals surface area contributed by atoms with Crippen molar-refractivity contribution in [1.82, 2.24) is 0 Å². The first kappa shape index (κ1) is 17.4. The largest absolute Gasteiger partial charge is 0.432 e. The third-order valence-electron chi connectivity index (χ3n) is 4.31. The van der Waals surface area contributed by atoms with Crippen LogP contribution in [-0.2, 0) is 14.3 Å². The summed E-state index contributed by atoms with van der Waals surface area (Å²) < 4.78 is 11.3. The van der Waals surface area contributed by atoms with Crippen LogP contribution in [0, 0.1) is 17.8 Å². The van der Waals surface area contributed by atoms with E-state index < -0.39 is 18.4 Å². The van der Waals surface area contributed by atoms with Crippen LogP contribution in [0.5, 0.6) is 0 Å². The summed E-state index contributed by atoms with van der Waals surface area (Å²) in [6.45, 7) is 9.47. The summed E-state index contributed by atoms with van der Waals surface area (Å²) in [4.78, 5) is 24.7. The molecule has 1 saturated heterocycles. The maximum atomic E-state index is 12.4. The van der Waals surface area contributed by atoms with E-state index in [1.165, 1.54) is 0 Å². The number of Topliss-reactive ketones (excluding diaryl/α,β-unsaturated/α-hetero) is 1. The van der Waals surface area contributed by atoms with Crippen LogP contribution in [0.1, 0.15) is 37.6 Å². The van der Waals surface area contributed by atoms with Gasteiger partial charge >= 0.3 is 5.97 Å². The second-order valence-corrected chi connectivity index (χ2v) is 6.27. The Hall–Kier alpha value is -1.94. The monoisotopic (exact) mass is 316 g/mol. The number of rotatable bonds is 5. The number of hydrogen-bond acceptors (Lipinski definition) is 4. The van der Waals surface area contributed by atoms with E-state index in [2.05, 4.69) is 6.58 Å². The first-order valence-electron chi connectivity index (χ1n) is 8.01. The fourth-order valence-corrected chi connectivity index (χ4v) is 3.13. The number of carbonyl (C=O) groups excluding carboxylic acids is 2. The van der Waals surface area contributed by atoms with E-state index in [9.17, 15) is 9.59 Å². The minimum atomic E-state index is -0.722. The third kappa shape index (κ3) is 3.88. The van der Waals surface area contributed by atoms with E-state index in [0.717, 1.165) is 0 Å². The Balaban J connectivity index is 2.22. The SMILES string of the molecule is C=CC[C@H]1C(=O)[C@@H](C)O[C@@H](OC(=O)c2ccccc2)[C@@H]1C(C)C. The lowest BCUT2D eigenvalue weighted by molar-refractivity contribution is -0.212. The molecule has 1 aromatic rings. The van der Waals surface area contributed by atoms with Gasteiger partial charge < -0.3 is 9.47 Å². The standard InChI is InChI=1S/C19H24O4/c1-5-9-15-16(12(2)3)19(22-13(4)17(15)20)23-18(21)14-10-7-6-8-11-14/h5-8,10-13,15-16,19H,1,9H2,2-4H3/t13-,15-,16-,19+/m1/s1. The summed E-state index contributed by atoms with van der Waals surface area (Å²) in [7, 11) is 0. The number of hydrogen-bond donors (Lipinski definition) is 0. The lowest BCUT2D eigenvalue weighted by atomic mass is 9.75. The molecular formula is C19H24O4. The second kappa shape index (κ2) is 7.55. The highest BCUT2D eigenvalue weighted by Gasteiger charge is 2.45. The predicted octanol–water partition coefficient (Wildman–Crippen LogP) is 3.62. The Morgan fingerprint density at radius 3 is 2.57 bits per heavy atom. The molecule has 0 unspecified atom stereocenters. The Kier molecular flexibility index (Phi) is 5.72. The molecule has 0 amide bonds. The van der Waals surface area contributed by atoms with Gasteiger partial charge in [-0.15, -0.1) is 6.58 Å². The molecule has 0 saturated carbocycles. The maximum Gasteiger partial charge on any atom is 0.340 e. The highest BCUT2D eigenvalue weighted by molar-refractivity contribution is 5.90. The summed E-state index contributed by atoms with van der Waals surface area (Å²) in [6, 6.07) is 8.80. The van der Waals surface area contributed by atoms with Gasteiger partial charge in [0, 0.05) is 11.8 Å². The van der Waals surface area contributed by atoms with Crippen molar-refractivity contribution >= 4 is 11.8 Å². The van der Waals surface area contributed by atoms with Crippen molar-refractivity contribution in [3.05, 3.63) is 48.6 Å². The predicted molar refractivity (Wildman–Crippen MR) is 87.8 cm³/mol. The molecule has 124 valence electrons. The van der Waals surface area contributed by atoms with Crippen LogP contribution in [0.15, 0.2) is 43.0 Å². The average molecular weight is 316 g/mol. The number of benzene rings is 1. The Bertz CT molecular complexity index is 564. The highest BCUT2D eigenvalue weighted by Crippen LogP contribution is 2.36. The molecule has 4 heteroatoms. The number of esters is 1. The molecule has 2 rings (SSSR count). The molecule has 1 aliphatic heterocycles. The molecule has 23 heavy (non-hydrogen) atoms. The minimum Gasteiger partial charge on any atom is -0.432 e. The number of carbonyl (C=O) groups is 2. The summed E-state index contributed by atoms with van der Waals surface area (Å²) in [5, 5.41) is 0. The van der Waals surface area contributed by atoms with E-state index in [1.807, 2.05) is 19.9 Å². The minimum absolute atomic E-state index is 0.0515. The topological polar surface area (TPSA) is 52.6 Å². The Morgan fingerprint density at radius 2 is 2.00 bits per heavy atom. The van der Waals surface area contributed by atoms with Gasteiger partial charge in [-0.25, -0.2) is 4.79 Å². The van der Waals surface area contributed by atoms with Crippen molar-refractivity contribution in [2.24, 2.45) is 17.8 Å². The smallest absolute Gasteiger partial charge is 0.340 e. The summed E-state index contributed by atoms with van der Waals surface area (Å²) in [5.41, 5.74) is 0.475. The van der Waals surface area contributed by atoms with Gasteiger partial charge in [-0.2, -0.15) is 0 Å². The van der Waals surface area contributed by atoms with Crippen LogP contribution in [0.3, 0.4) is 0 Å². The highest BCUT2D eigenvalue weighted by atomic mass is 16.7. The Labute approximate surface area is 137 Å². The van der Waals surface area contributed by atoms with Crippen LogP contribution >= 0.6 is 0 Å². The summed E-state index contributed by atoms with van der Waals surface area (Å²) in [6.07, 6.45) is 1.00. The molecule has 1 aliphatic rings. The molecule has 4 atom stereocenters. The summed E-state index contributed by atoms with van der Waals surface area (Å²) in [5.74, 6) is -0.644. The van der Waals surface area contributed by atoms with E-state index in [-0.39, 0.29) is 23.5 Å². The number of ketones is 1. The van der Waals surface area contributed by atoms with Gasteiger partial charge in [0.25, 0.3) is 0 Å². The van der Waals surface area contributed by atoms with Gasteiger partial charge in [0.15, 0.2) is 5.78 Å². The molecular weight excluding hydrogens is 292 g/mol. The van der Waals surface area contributed by atoms with Gasteiger partial charge in [-0.1, -0.05) is 38.1 Å². The zero-order valence-electron chi connectivity index (χ0n) is 13.9. The van der Waals surface area contributed by atoms with Crippen LogP contribution in [-0.4, -0.2) is 24.1 Å². The van der Waals surface area contributed by atoms with Crippen molar-refractivity contribution < 1.29 is 19.1 Å². The zero-order valence-corrected chi connectivity index (χ0v) is 13.9. The normalized spacial score (nSPS) is 27.7. The van der Waals surface area contributed by atoms with Crippen molar-refractivity contribution in [2.45, 2.75) is 39.6 Å². The average Bonchev–Trinajstić information content (AvgIpc) is 2.53. The maximum absolute atomic E-state index is 12.4. The van der Waals surface area contributed by atoms with Crippen LogP contribution in [0.2, 0.25) is 0 Å². The van der Waals surface area contributed by atoms with Crippen molar-refractivity contribution in [3.8, 4) is 0 Å². The van der Waals surface area contributed by atoms with Gasteiger partial charge in [-0.3, -0.25) is 4.79 Å². The van der Waals surface area contributed by atoms with Gasteiger partial charge in [0.1, 0.15) is 6.10 Å². The molecule has 1 aromatic carbocycles. The van der Waals surface area contributed by atoms with Crippen molar-refractivity contribution in [2.75, 3.05) is 0 Å². The molecule has 1 fully saturated rings. The van der Waals surface area contributed by atoms with E-state index in [4.69, 9.17) is 9.47 Å². The van der Waals surface area contributed by atoms with E-state index >= 15 is 0 Å². The quantitative estimate of drug-likeness (QED) is 0.615. The molecule has 1 heterocycles. The number of ether oxygens (including phenoxy) is 2. The van der Waals surface area contributed by atoms with Crippen LogP contribution in [0.25, 0.3) is 0 Å². The Morgan fingerprint density at radius 1 is 1.35 bits per heavy atom. The lowest BCUT2D eigenvalue weighted by Crippen LogP contribution is -2.50. The van der Waals surface area contributed by atoms with Crippen molar-refractivity contribution in [3.63, 3.8) is 0 Å². The van der Waals surface area contributed by atoms with Gasteiger partial charge in [0.2, 0.25) is 6.29 Å². The molecule has 4 nitrogen and oxygen atoms in total. The summed E-state index contributed by atoms with van der Waals surface area (Å²) >= 11 is 0. The van der Waals surface area contributed by atoms with Gasteiger partial charge in [0.05, 0.1) is 5.56 Å². The van der Waals surface area contributed by atoms with Crippen molar-refractivity contribution in [1.29, 1.82) is 0 Å². The zero-order chi connectivity index (χ0) is 17.0. The molecule has 0 radical (unpaired) electrons. The van der Waals surface area contributed by atoms with Crippen LogP contribution in [0.4, 0.5) is 0 Å². The molecule has 0 aromatic heterocycles. The molecule has 0 aliphatic carbocycles. The molecule has 0 bridgehead atoms. The van der Waals surface area contributed by atoms with Gasteiger partial charge in [-0.05, 0) is 31.4 Å². The molecule has 0 spiro atoms. The fraction of sp³-hybridized carbons (Fsp3) is 0.474. The fourth-order valence-electron chi connectivity index (χ4n) is 3.13. The van der Waals surface area contributed by atoms with E-state index in [1.54, 1.807) is 37.3 Å². The first-order chi connectivity index (χ1) is 11.0. The lowest BCUT2D eigenvalue weighted by Gasteiger charge is -2.41. The van der Waals surface area contributed by atoms with E-state index in [0.29, 0.717) is 12.0 Å². The first-order valence-corrected chi connectivity index (χ1v) is 8.01. The van der Waals surface area contributed by atoms with Crippen LogP contribution < -0.4 is 0 Å².